The van der Waals surface area contributed by atoms with E-state index < -0.39 is 5.82 Å². The number of rotatable bonds is 6. The minimum absolute atomic E-state index is 0.137. The van der Waals surface area contributed by atoms with Crippen LogP contribution in [0.15, 0.2) is 47.5 Å². The molecule has 0 spiro atoms. The molecule has 0 heterocycles. The zero-order chi connectivity index (χ0) is 18.2. The molecule has 0 fully saturated rings. The summed E-state index contributed by atoms with van der Waals surface area (Å²) in [5.41, 5.74) is 1.70. The zero-order valence-corrected chi connectivity index (χ0v) is 14.7. The van der Waals surface area contributed by atoms with Crippen LogP contribution < -0.4 is 15.4 Å². The highest BCUT2D eigenvalue weighted by Crippen LogP contribution is 2.21. The van der Waals surface area contributed by atoms with Gasteiger partial charge in [0, 0.05) is 6.54 Å². The molecule has 1 unspecified atom stereocenters. The first-order chi connectivity index (χ1) is 12.0. The first kappa shape index (κ1) is 18.6. The van der Waals surface area contributed by atoms with Crippen molar-refractivity contribution in [1.29, 1.82) is 0 Å². The van der Waals surface area contributed by atoms with E-state index in [0.29, 0.717) is 19.0 Å². The highest BCUT2D eigenvalue weighted by molar-refractivity contribution is 5.80. The van der Waals surface area contributed by atoms with E-state index in [4.69, 9.17) is 4.74 Å². The number of hydrogen-bond acceptors (Lipinski definition) is 3. The summed E-state index contributed by atoms with van der Waals surface area (Å²) in [6, 6.07) is 11.7. The van der Waals surface area contributed by atoms with Crippen molar-refractivity contribution < 1.29 is 14.2 Å². The van der Waals surface area contributed by atoms with Gasteiger partial charge in [-0.25, -0.2) is 9.38 Å². The molecule has 0 aromatic heterocycles. The summed E-state index contributed by atoms with van der Waals surface area (Å²) in [5, 5.41) is 15.9. The summed E-state index contributed by atoms with van der Waals surface area (Å²) >= 11 is 0. The molecule has 0 aliphatic carbocycles. The summed E-state index contributed by atoms with van der Waals surface area (Å²) < 4.78 is 18.8. The average molecular weight is 345 g/mol. The van der Waals surface area contributed by atoms with Gasteiger partial charge >= 0.3 is 0 Å². The molecule has 2 rings (SSSR count). The molecular formula is C19H24FN3O2. The SMILES string of the molecule is CCNC(=NCc1cccc(O)c1)NC(C)c1ccc(OC)c(F)c1. The molecule has 0 saturated heterocycles. The van der Waals surface area contributed by atoms with Crippen LogP contribution in [0.3, 0.4) is 0 Å². The van der Waals surface area contributed by atoms with Crippen LogP contribution in [0.1, 0.15) is 31.0 Å². The maximum atomic E-state index is 13.9. The number of nitrogens with zero attached hydrogens (tertiary/aromatic N) is 1. The fourth-order valence-corrected chi connectivity index (χ4v) is 2.39. The fourth-order valence-electron chi connectivity index (χ4n) is 2.39. The van der Waals surface area contributed by atoms with Gasteiger partial charge in [-0.2, -0.15) is 0 Å². The second-order valence-corrected chi connectivity index (χ2v) is 5.63. The van der Waals surface area contributed by atoms with Gasteiger partial charge in [0.05, 0.1) is 19.7 Å². The Hall–Kier alpha value is -2.76. The lowest BCUT2D eigenvalue weighted by molar-refractivity contribution is 0.386. The first-order valence-corrected chi connectivity index (χ1v) is 8.19. The molecule has 0 bridgehead atoms. The summed E-state index contributed by atoms with van der Waals surface area (Å²) in [4.78, 5) is 4.51. The summed E-state index contributed by atoms with van der Waals surface area (Å²) in [7, 11) is 1.44. The third-order valence-electron chi connectivity index (χ3n) is 3.70. The number of phenols is 1. The van der Waals surface area contributed by atoms with Crippen LogP contribution in [0, 0.1) is 5.82 Å². The van der Waals surface area contributed by atoms with Gasteiger partial charge in [0.25, 0.3) is 0 Å². The quantitative estimate of drug-likeness (QED) is 0.555. The molecule has 2 aromatic carbocycles. The Labute approximate surface area is 147 Å². The van der Waals surface area contributed by atoms with Crippen LogP contribution in [-0.2, 0) is 6.54 Å². The number of methoxy groups -OCH3 is 1. The third-order valence-corrected chi connectivity index (χ3v) is 3.70. The second kappa shape index (κ2) is 8.92. The predicted molar refractivity (Wildman–Crippen MR) is 97.4 cm³/mol. The Morgan fingerprint density at radius 3 is 2.72 bits per heavy atom. The van der Waals surface area contributed by atoms with E-state index in [1.807, 2.05) is 26.0 Å². The molecule has 5 nitrogen and oxygen atoms in total. The number of ether oxygens (including phenoxy) is 1. The number of aromatic hydroxyl groups is 1. The van der Waals surface area contributed by atoms with Gasteiger partial charge in [0.1, 0.15) is 5.75 Å². The standard InChI is InChI=1S/C19H24FN3O2/c1-4-21-19(22-12-14-6-5-7-16(24)10-14)23-13(2)15-8-9-18(25-3)17(20)11-15/h5-11,13,24H,4,12H2,1-3H3,(H2,21,22,23). The van der Waals surface area contributed by atoms with Gasteiger partial charge in [0.2, 0.25) is 0 Å². The number of halogens is 1. The van der Waals surface area contributed by atoms with Crippen molar-refractivity contribution in [1.82, 2.24) is 10.6 Å². The molecule has 25 heavy (non-hydrogen) atoms. The van der Waals surface area contributed by atoms with E-state index in [1.165, 1.54) is 13.2 Å². The Morgan fingerprint density at radius 1 is 1.28 bits per heavy atom. The lowest BCUT2D eigenvalue weighted by Crippen LogP contribution is -2.38. The largest absolute Gasteiger partial charge is 0.508 e. The lowest BCUT2D eigenvalue weighted by atomic mass is 10.1. The number of nitrogens with one attached hydrogen (secondary N) is 2. The molecule has 134 valence electrons. The predicted octanol–water partition coefficient (Wildman–Crippen LogP) is 3.36. The number of benzene rings is 2. The molecule has 0 radical (unpaired) electrons. The Kier molecular flexibility index (Phi) is 6.62. The molecule has 0 amide bonds. The monoisotopic (exact) mass is 345 g/mol. The normalized spacial score (nSPS) is 12.6. The molecule has 2 aromatic rings. The van der Waals surface area contributed by atoms with E-state index >= 15 is 0 Å². The molecular weight excluding hydrogens is 321 g/mol. The van der Waals surface area contributed by atoms with Crippen molar-refractivity contribution in [2.45, 2.75) is 26.4 Å². The van der Waals surface area contributed by atoms with E-state index in [0.717, 1.165) is 11.1 Å². The van der Waals surface area contributed by atoms with Gasteiger partial charge in [-0.3, -0.25) is 0 Å². The molecule has 3 N–H and O–H groups in total. The van der Waals surface area contributed by atoms with Crippen molar-refractivity contribution in [2.24, 2.45) is 4.99 Å². The van der Waals surface area contributed by atoms with Gasteiger partial charge in [-0.05, 0) is 49.2 Å². The molecule has 0 aliphatic heterocycles. The van der Waals surface area contributed by atoms with Crippen LogP contribution in [0.5, 0.6) is 11.5 Å². The highest BCUT2D eigenvalue weighted by Gasteiger charge is 2.11. The van der Waals surface area contributed by atoms with Crippen molar-refractivity contribution in [3.8, 4) is 11.5 Å². The maximum Gasteiger partial charge on any atom is 0.192 e. The van der Waals surface area contributed by atoms with Gasteiger partial charge in [-0.1, -0.05) is 18.2 Å². The Balaban J connectivity index is 2.09. The zero-order valence-electron chi connectivity index (χ0n) is 14.7. The van der Waals surface area contributed by atoms with E-state index in [1.54, 1.807) is 24.3 Å². The average Bonchev–Trinajstić information content (AvgIpc) is 2.59. The number of phenolic OH excluding ortho intramolecular Hbond substituents is 1. The highest BCUT2D eigenvalue weighted by atomic mass is 19.1. The van der Waals surface area contributed by atoms with Crippen LogP contribution in [0.25, 0.3) is 0 Å². The Bertz CT molecular complexity index is 734. The van der Waals surface area contributed by atoms with Crippen LogP contribution in [0.4, 0.5) is 4.39 Å². The molecule has 0 saturated carbocycles. The minimum Gasteiger partial charge on any atom is -0.508 e. The summed E-state index contributed by atoms with van der Waals surface area (Å²) in [6.07, 6.45) is 0. The van der Waals surface area contributed by atoms with Gasteiger partial charge in [0.15, 0.2) is 17.5 Å². The summed E-state index contributed by atoms with van der Waals surface area (Å²) in [5.74, 6) is 0.665. The van der Waals surface area contributed by atoms with Gasteiger partial charge in [-0.15, -0.1) is 0 Å². The number of hydrogen-bond donors (Lipinski definition) is 3. The third kappa shape index (κ3) is 5.38. The second-order valence-electron chi connectivity index (χ2n) is 5.63. The van der Waals surface area contributed by atoms with Gasteiger partial charge < -0.3 is 20.5 Å². The fraction of sp³-hybridized carbons (Fsp3) is 0.316. The molecule has 0 aliphatic rings. The minimum atomic E-state index is -0.393. The number of aliphatic imine (C=N–C) groups is 1. The first-order valence-electron chi connectivity index (χ1n) is 8.19. The number of guanidine groups is 1. The molecule has 1 atom stereocenters. The van der Waals surface area contributed by atoms with E-state index in [-0.39, 0.29) is 17.5 Å². The van der Waals surface area contributed by atoms with Crippen molar-refractivity contribution in [2.75, 3.05) is 13.7 Å². The van der Waals surface area contributed by atoms with Crippen molar-refractivity contribution >= 4 is 5.96 Å². The van der Waals surface area contributed by atoms with Crippen molar-refractivity contribution in [3.05, 3.63) is 59.4 Å². The maximum absolute atomic E-state index is 13.9. The van der Waals surface area contributed by atoms with Crippen LogP contribution in [-0.4, -0.2) is 24.7 Å². The van der Waals surface area contributed by atoms with E-state index in [2.05, 4.69) is 15.6 Å². The Morgan fingerprint density at radius 2 is 2.08 bits per heavy atom. The van der Waals surface area contributed by atoms with Crippen LogP contribution >= 0.6 is 0 Å². The topological polar surface area (TPSA) is 65.9 Å². The summed E-state index contributed by atoms with van der Waals surface area (Å²) in [6.45, 7) is 5.04. The lowest BCUT2D eigenvalue weighted by Gasteiger charge is -2.18. The van der Waals surface area contributed by atoms with Crippen molar-refractivity contribution in [3.63, 3.8) is 0 Å². The smallest absolute Gasteiger partial charge is 0.192 e. The molecule has 6 heteroatoms. The van der Waals surface area contributed by atoms with E-state index in [9.17, 15) is 9.50 Å². The van der Waals surface area contributed by atoms with Crippen LogP contribution in [0.2, 0.25) is 0 Å².